The number of rotatable bonds is 9. The number of nitrogens with one attached hydrogen (secondary N) is 1. The third-order valence-corrected chi connectivity index (χ3v) is 7.54. The van der Waals surface area contributed by atoms with E-state index in [4.69, 9.17) is 10.5 Å². The van der Waals surface area contributed by atoms with E-state index in [0.717, 1.165) is 24.0 Å². The third kappa shape index (κ3) is 4.90. The van der Waals surface area contributed by atoms with Gasteiger partial charge in [0.25, 0.3) is 5.91 Å². The molecule has 2 aromatic carbocycles. The number of sulfonamides is 1. The van der Waals surface area contributed by atoms with Crippen molar-refractivity contribution in [2.75, 3.05) is 17.6 Å². The molecule has 5 rings (SSSR count). The maximum absolute atomic E-state index is 13.4. The number of aromatic nitrogens is 2. The molecule has 1 aliphatic carbocycles. The second-order valence-corrected chi connectivity index (χ2v) is 10.7. The number of anilines is 1. The Hall–Kier alpha value is -3.92. The summed E-state index contributed by atoms with van der Waals surface area (Å²) in [5, 5.41) is 4.50. The Bertz CT molecular complexity index is 1540. The molecular formula is C26H25FN4O4S. The molecule has 1 fully saturated rings. The lowest BCUT2D eigenvalue weighted by molar-refractivity contribution is 0.100. The largest absolute Gasteiger partial charge is 0.497 e. The van der Waals surface area contributed by atoms with Crippen LogP contribution in [0.25, 0.3) is 16.8 Å². The van der Waals surface area contributed by atoms with Crippen molar-refractivity contribution in [2.24, 2.45) is 5.73 Å². The summed E-state index contributed by atoms with van der Waals surface area (Å²) in [5.74, 6) is -0.297. The van der Waals surface area contributed by atoms with Gasteiger partial charge >= 0.3 is 0 Å². The summed E-state index contributed by atoms with van der Waals surface area (Å²) < 4.78 is 48.7. The molecule has 0 bridgehead atoms. The molecule has 0 atom stereocenters. The van der Waals surface area contributed by atoms with Crippen molar-refractivity contribution in [1.29, 1.82) is 0 Å². The Labute approximate surface area is 207 Å². The van der Waals surface area contributed by atoms with Crippen molar-refractivity contribution in [1.82, 2.24) is 9.61 Å². The number of hydrogen-bond acceptors (Lipinski definition) is 5. The number of amides is 1. The zero-order valence-corrected chi connectivity index (χ0v) is 20.4. The van der Waals surface area contributed by atoms with E-state index in [1.54, 1.807) is 31.5 Å². The van der Waals surface area contributed by atoms with E-state index in [-0.39, 0.29) is 17.2 Å². The van der Waals surface area contributed by atoms with Gasteiger partial charge in [-0.2, -0.15) is 5.10 Å². The van der Waals surface area contributed by atoms with Gasteiger partial charge in [-0.3, -0.25) is 9.52 Å². The number of carbonyl (C=O) groups is 1. The van der Waals surface area contributed by atoms with Crippen molar-refractivity contribution in [3.8, 4) is 17.0 Å². The number of nitrogens with zero attached hydrogens (tertiary/aromatic N) is 2. The Morgan fingerprint density at radius 3 is 2.47 bits per heavy atom. The fourth-order valence-corrected chi connectivity index (χ4v) is 5.35. The van der Waals surface area contributed by atoms with Crippen LogP contribution in [0, 0.1) is 5.82 Å². The van der Waals surface area contributed by atoms with Gasteiger partial charge in [-0.05, 0) is 78.8 Å². The number of hydrogen-bond donors (Lipinski definition) is 2. The number of benzene rings is 2. The number of pyridine rings is 1. The standard InChI is InChI=1S/C26H25FN4O4S/c1-35-20-10-2-16(3-11-20)12-13-36(33,34)30-22-15-31-23(14-21(22)17-4-5-17)24(26(28)32)25(29-31)18-6-8-19(27)9-7-18/h2-3,6-11,14-15,17,30H,4-5,12-13H2,1H3,(H2,28,32). The number of carbonyl (C=O) groups excluding carboxylic acids is 1. The molecule has 8 nitrogen and oxygen atoms in total. The number of fused-ring (bicyclic) bond motifs is 1. The SMILES string of the molecule is COc1ccc(CCS(=O)(=O)Nc2cn3nc(-c4ccc(F)cc4)c(C(N)=O)c3cc2C2CC2)cc1. The van der Waals surface area contributed by atoms with Crippen LogP contribution in [0.3, 0.4) is 0 Å². The predicted octanol–water partition coefficient (Wildman–Crippen LogP) is 4.11. The van der Waals surface area contributed by atoms with Crippen LogP contribution in [0.15, 0.2) is 60.8 Å². The highest BCUT2D eigenvalue weighted by molar-refractivity contribution is 7.92. The fraction of sp³-hybridized carbons (Fsp3) is 0.231. The molecular weight excluding hydrogens is 483 g/mol. The van der Waals surface area contributed by atoms with E-state index in [1.807, 2.05) is 12.1 Å². The maximum atomic E-state index is 13.4. The number of methoxy groups -OCH3 is 1. The molecule has 0 spiro atoms. The molecule has 3 N–H and O–H groups in total. The summed E-state index contributed by atoms with van der Waals surface area (Å²) in [7, 11) is -2.10. The number of aryl methyl sites for hydroxylation is 1. The molecule has 2 heterocycles. The van der Waals surface area contributed by atoms with Crippen LogP contribution in [0.2, 0.25) is 0 Å². The molecule has 186 valence electrons. The minimum absolute atomic E-state index is 0.103. The summed E-state index contributed by atoms with van der Waals surface area (Å²) in [6.45, 7) is 0. The van der Waals surface area contributed by atoms with E-state index < -0.39 is 21.7 Å². The van der Waals surface area contributed by atoms with Gasteiger partial charge in [-0.1, -0.05) is 12.1 Å². The summed E-state index contributed by atoms with van der Waals surface area (Å²) in [5.41, 5.74) is 9.32. The lowest BCUT2D eigenvalue weighted by Gasteiger charge is -2.13. The molecule has 0 unspecified atom stereocenters. The Balaban J connectivity index is 1.49. The molecule has 2 aromatic heterocycles. The fourth-order valence-electron chi connectivity index (χ4n) is 4.24. The Morgan fingerprint density at radius 1 is 1.17 bits per heavy atom. The van der Waals surface area contributed by atoms with E-state index in [1.165, 1.54) is 28.8 Å². The second kappa shape index (κ2) is 9.27. The van der Waals surface area contributed by atoms with Gasteiger partial charge in [0.1, 0.15) is 17.3 Å². The van der Waals surface area contributed by atoms with Gasteiger partial charge < -0.3 is 10.5 Å². The first-order chi connectivity index (χ1) is 17.2. The molecule has 0 aliphatic heterocycles. The number of nitrogens with two attached hydrogens (primary N) is 1. The Kier molecular flexibility index (Phi) is 6.13. The number of primary amides is 1. The molecule has 0 radical (unpaired) electrons. The topological polar surface area (TPSA) is 116 Å². The van der Waals surface area contributed by atoms with Crippen molar-refractivity contribution >= 4 is 27.1 Å². The average molecular weight is 509 g/mol. The van der Waals surface area contributed by atoms with Crippen molar-refractivity contribution in [3.63, 3.8) is 0 Å². The highest BCUT2D eigenvalue weighted by Crippen LogP contribution is 2.44. The van der Waals surface area contributed by atoms with Crippen LogP contribution in [-0.2, 0) is 16.4 Å². The monoisotopic (exact) mass is 508 g/mol. The number of ether oxygens (including phenoxy) is 1. The smallest absolute Gasteiger partial charge is 0.253 e. The zero-order chi connectivity index (χ0) is 25.4. The summed E-state index contributed by atoms with van der Waals surface area (Å²) in [6.07, 6.45) is 3.75. The minimum Gasteiger partial charge on any atom is -0.497 e. The normalized spacial score (nSPS) is 13.6. The van der Waals surface area contributed by atoms with Gasteiger partial charge in [0.05, 0.1) is 35.8 Å². The van der Waals surface area contributed by atoms with E-state index in [2.05, 4.69) is 9.82 Å². The van der Waals surface area contributed by atoms with Crippen molar-refractivity contribution in [2.45, 2.75) is 25.2 Å². The molecule has 36 heavy (non-hydrogen) atoms. The van der Waals surface area contributed by atoms with Gasteiger partial charge in [0.15, 0.2) is 0 Å². The zero-order valence-electron chi connectivity index (χ0n) is 19.6. The third-order valence-electron chi connectivity index (χ3n) is 6.27. The summed E-state index contributed by atoms with van der Waals surface area (Å²) >= 11 is 0. The van der Waals surface area contributed by atoms with Crippen LogP contribution in [-0.4, -0.2) is 36.8 Å². The molecule has 1 amide bonds. The lowest BCUT2D eigenvalue weighted by Crippen LogP contribution is -2.19. The minimum atomic E-state index is -3.68. The van der Waals surface area contributed by atoms with Gasteiger partial charge in [-0.15, -0.1) is 0 Å². The second-order valence-electron chi connectivity index (χ2n) is 8.86. The molecule has 1 aliphatic rings. The Morgan fingerprint density at radius 2 is 1.86 bits per heavy atom. The van der Waals surface area contributed by atoms with Crippen LogP contribution >= 0.6 is 0 Å². The van der Waals surface area contributed by atoms with Crippen LogP contribution in [0.5, 0.6) is 5.75 Å². The predicted molar refractivity (Wildman–Crippen MR) is 135 cm³/mol. The highest BCUT2D eigenvalue weighted by Gasteiger charge is 2.30. The van der Waals surface area contributed by atoms with Crippen molar-refractivity contribution in [3.05, 3.63) is 83.3 Å². The molecule has 0 saturated heterocycles. The van der Waals surface area contributed by atoms with Gasteiger partial charge in [0, 0.05) is 5.56 Å². The molecule has 1 saturated carbocycles. The van der Waals surface area contributed by atoms with E-state index in [9.17, 15) is 17.6 Å². The average Bonchev–Trinajstić information content (AvgIpc) is 3.63. The van der Waals surface area contributed by atoms with E-state index in [0.29, 0.717) is 34.6 Å². The first kappa shape index (κ1) is 23.8. The highest BCUT2D eigenvalue weighted by atomic mass is 32.2. The van der Waals surface area contributed by atoms with Crippen LogP contribution in [0.4, 0.5) is 10.1 Å². The first-order valence-corrected chi connectivity index (χ1v) is 13.1. The molecule has 10 heteroatoms. The van der Waals surface area contributed by atoms with Gasteiger partial charge in [0.2, 0.25) is 10.0 Å². The van der Waals surface area contributed by atoms with E-state index >= 15 is 0 Å². The summed E-state index contributed by atoms with van der Waals surface area (Å²) in [6, 6.07) is 14.6. The maximum Gasteiger partial charge on any atom is 0.253 e. The summed E-state index contributed by atoms with van der Waals surface area (Å²) in [4.78, 5) is 12.4. The van der Waals surface area contributed by atoms with Crippen LogP contribution < -0.4 is 15.2 Å². The molecule has 4 aromatic rings. The first-order valence-electron chi connectivity index (χ1n) is 11.5. The number of halogens is 1. The lowest BCUT2D eigenvalue weighted by atomic mass is 10.0. The quantitative estimate of drug-likeness (QED) is 0.353. The van der Waals surface area contributed by atoms with Crippen molar-refractivity contribution < 1.29 is 22.3 Å². The van der Waals surface area contributed by atoms with Gasteiger partial charge in [-0.25, -0.2) is 17.3 Å². The van der Waals surface area contributed by atoms with Crippen LogP contribution in [0.1, 0.15) is 40.2 Å².